The van der Waals surface area contributed by atoms with Crippen molar-refractivity contribution in [3.63, 3.8) is 0 Å². The smallest absolute Gasteiger partial charge is 0.332 e. The van der Waals surface area contributed by atoms with Gasteiger partial charge in [0.25, 0.3) is 0 Å². The van der Waals surface area contributed by atoms with Crippen molar-refractivity contribution >= 4 is 11.7 Å². The molecule has 0 spiro atoms. The molecule has 0 amide bonds. The lowest BCUT2D eigenvalue weighted by atomic mass is 10.0. The lowest BCUT2D eigenvalue weighted by Gasteiger charge is -2.19. The molecule has 0 aliphatic rings. The van der Waals surface area contributed by atoms with Gasteiger partial charge in [0.1, 0.15) is 0 Å². The van der Waals surface area contributed by atoms with Gasteiger partial charge in [-0.15, -0.1) is 0 Å². The van der Waals surface area contributed by atoms with E-state index in [1.54, 1.807) is 0 Å². The highest BCUT2D eigenvalue weighted by molar-refractivity contribution is 5.81. The van der Waals surface area contributed by atoms with Gasteiger partial charge >= 0.3 is 5.97 Å². The van der Waals surface area contributed by atoms with Gasteiger partial charge in [-0.1, -0.05) is 48.0 Å². The van der Waals surface area contributed by atoms with Gasteiger partial charge < -0.3 is 10.1 Å². The summed E-state index contributed by atoms with van der Waals surface area (Å²) < 4.78 is 4.92. The van der Waals surface area contributed by atoms with E-state index < -0.39 is 6.04 Å². The molecule has 0 heterocycles. The first-order valence-electron chi connectivity index (χ1n) is 6.58. The molecule has 0 aliphatic carbocycles. The molecular formula is C17H19NO2. The molecule has 2 rings (SSSR count). The zero-order valence-electron chi connectivity index (χ0n) is 12.0. The Morgan fingerprint density at radius 2 is 1.85 bits per heavy atom. The van der Waals surface area contributed by atoms with Crippen molar-refractivity contribution in [2.75, 3.05) is 12.4 Å². The van der Waals surface area contributed by atoms with E-state index in [4.69, 9.17) is 4.74 Å². The summed E-state index contributed by atoms with van der Waals surface area (Å²) in [6.07, 6.45) is 0. The number of anilines is 1. The van der Waals surface area contributed by atoms with Gasteiger partial charge in [0.15, 0.2) is 6.04 Å². The van der Waals surface area contributed by atoms with Crippen molar-refractivity contribution in [2.45, 2.75) is 19.9 Å². The van der Waals surface area contributed by atoms with Crippen LogP contribution in [0, 0.1) is 13.8 Å². The Balaban J connectivity index is 2.34. The predicted molar refractivity (Wildman–Crippen MR) is 80.7 cm³/mol. The number of carbonyl (C=O) groups excluding carboxylic acids is 1. The number of methoxy groups -OCH3 is 1. The Kier molecular flexibility index (Phi) is 4.41. The van der Waals surface area contributed by atoms with Crippen LogP contribution >= 0.6 is 0 Å². The summed E-state index contributed by atoms with van der Waals surface area (Å²) in [5.74, 6) is -0.293. The monoisotopic (exact) mass is 269 g/mol. The molecule has 1 atom stereocenters. The van der Waals surface area contributed by atoms with E-state index in [2.05, 4.69) is 5.32 Å². The number of esters is 1. The lowest BCUT2D eigenvalue weighted by molar-refractivity contribution is -0.141. The summed E-state index contributed by atoms with van der Waals surface area (Å²) in [5, 5.41) is 3.27. The van der Waals surface area contributed by atoms with Crippen LogP contribution in [0.25, 0.3) is 0 Å². The zero-order valence-corrected chi connectivity index (χ0v) is 12.0. The SMILES string of the molecule is COC(=O)C(Nc1ccccc1C)c1cccc(C)c1. The molecule has 3 nitrogen and oxygen atoms in total. The molecular weight excluding hydrogens is 250 g/mol. The second kappa shape index (κ2) is 6.24. The molecule has 0 aromatic heterocycles. The highest BCUT2D eigenvalue weighted by Crippen LogP contribution is 2.23. The van der Waals surface area contributed by atoms with Gasteiger partial charge in [-0.2, -0.15) is 0 Å². The van der Waals surface area contributed by atoms with Gasteiger partial charge in [-0.3, -0.25) is 0 Å². The van der Waals surface area contributed by atoms with Gasteiger partial charge in [-0.05, 0) is 31.0 Å². The summed E-state index contributed by atoms with van der Waals surface area (Å²) in [6, 6.07) is 15.3. The summed E-state index contributed by atoms with van der Waals surface area (Å²) >= 11 is 0. The number of ether oxygens (including phenoxy) is 1. The van der Waals surface area contributed by atoms with E-state index in [1.807, 2.05) is 62.4 Å². The first-order valence-corrected chi connectivity index (χ1v) is 6.58. The summed E-state index contributed by atoms with van der Waals surface area (Å²) in [5.41, 5.74) is 4.04. The third-order valence-electron chi connectivity index (χ3n) is 3.26. The van der Waals surface area contributed by atoms with E-state index in [1.165, 1.54) is 7.11 Å². The molecule has 0 bridgehead atoms. The highest BCUT2D eigenvalue weighted by Gasteiger charge is 2.21. The topological polar surface area (TPSA) is 38.3 Å². The Morgan fingerprint density at radius 1 is 1.10 bits per heavy atom. The molecule has 0 aliphatic heterocycles. The van der Waals surface area contributed by atoms with Crippen LogP contribution in [0.4, 0.5) is 5.69 Å². The van der Waals surface area contributed by atoms with Crippen LogP contribution in [0.2, 0.25) is 0 Å². The fourth-order valence-corrected chi connectivity index (χ4v) is 2.14. The van der Waals surface area contributed by atoms with E-state index in [0.29, 0.717) is 0 Å². The average Bonchev–Trinajstić information content (AvgIpc) is 2.45. The Labute approximate surface area is 119 Å². The van der Waals surface area contributed by atoms with Crippen molar-refractivity contribution in [2.24, 2.45) is 0 Å². The largest absolute Gasteiger partial charge is 0.467 e. The number of hydrogen-bond acceptors (Lipinski definition) is 3. The van der Waals surface area contributed by atoms with Crippen molar-refractivity contribution in [3.8, 4) is 0 Å². The van der Waals surface area contributed by atoms with Crippen LogP contribution in [-0.4, -0.2) is 13.1 Å². The number of carbonyl (C=O) groups is 1. The standard InChI is InChI=1S/C17H19NO2/c1-12-7-6-9-14(11-12)16(17(19)20-3)18-15-10-5-4-8-13(15)2/h4-11,16,18H,1-3H3. The minimum absolute atomic E-state index is 0.293. The number of nitrogens with one attached hydrogen (secondary N) is 1. The highest BCUT2D eigenvalue weighted by atomic mass is 16.5. The summed E-state index contributed by atoms with van der Waals surface area (Å²) in [6.45, 7) is 4.01. The number of benzene rings is 2. The minimum atomic E-state index is -0.499. The van der Waals surface area contributed by atoms with Crippen molar-refractivity contribution < 1.29 is 9.53 Å². The second-order valence-corrected chi connectivity index (χ2v) is 4.83. The van der Waals surface area contributed by atoms with Crippen molar-refractivity contribution in [3.05, 3.63) is 65.2 Å². The third kappa shape index (κ3) is 3.18. The van der Waals surface area contributed by atoms with Crippen LogP contribution in [-0.2, 0) is 9.53 Å². The molecule has 3 heteroatoms. The first kappa shape index (κ1) is 14.1. The third-order valence-corrected chi connectivity index (χ3v) is 3.26. The predicted octanol–water partition coefficient (Wildman–Crippen LogP) is 3.63. The molecule has 104 valence electrons. The van der Waals surface area contributed by atoms with Crippen LogP contribution in [0.1, 0.15) is 22.7 Å². The first-order chi connectivity index (χ1) is 9.61. The molecule has 2 aromatic carbocycles. The van der Waals surface area contributed by atoms with Gasteiger partial charge in [0, 0.05) is 5.69 Å². The zero-order chi connectivity index (χ0) is 14.5. The van der Waals surface area contributed by atoms with E-state index in [0.717, 1.165) is 22.4 Å². The molecule has 0 radical (unpaired) electrons. The van der Waals surface area contributed by atoms with Crippen LogP contribution in [0.3, 0.4) is 0 Å². The van der Waals surface area contributed by atoms with Crippen LogP contribution < -0.4 is 5.32 Å². The Bertz CT molecular complexity index is 607. The maximum atomic E-state index is 12.1. The van der Waals surface area contributed by atoms with Gasteiger partial charge in [0.2, 0.25) is 0 Å². The lowest BCUT2D eigenvalue weighted by Crippen LogP contribution is -2.22. The van der Waals surface area contributed by atoms with Crippen molar-refractivity contribution in [1.29, 1.82) is 0 Å². The number of para-hydroxylation sites is 1. The molecule has 1 unspecified atom stereocenters. The normalized spacial score (nSPS) is 11.8. The van der Waals surface area contributed by atoms with E-state index in [9.17, 15) is 4.79 Å². The number of aryl methyl sites for hydroxylation is 2. The van der Waals surface area contributed by atoms with E-state index >= 15 is 0 Å². The Morgan fingerprint density at radius 3 is 2.50 bits per heavy atom. The maximum absolute atomic E-state index is 12.1. The average molecular weight is 269 g/mol. The quantitative estimate of drug-likeness (QED) is 0.861. The van der Waals surface area contributed by atoms with Gasteiger partial charge in [-0.25, -0.2) is 4.79 Å². The van der Waals surface area contributed by atoms with E-state index in [-0.39, 0.29) is 5.97 Å². The van der Waals surface area contributed by atoms with Crippen molar-refractivity contribution in [1.82, 2.24) is 0 Å². The minimum Gasteiger partial charge on any atom is -0.467 e. The molecule has 1 N–H and O–H groups in total. The Hall–Kier alpha value is -2.29. The van der Waals surface area contributed by atoms with Crippen LogP contribution in [0.15, 0.2) is 48.5 Å². The number of rotatable bonds is 4. The summed E-state index contributed by atoms with van der Waals surface area (Å²) in [7, 11) is 1.41. The summed E-state index contributed by atoms with van der Waals surface area (Å²) in [4.78, 5) is 12.1. The molecule has 0 saturated heterocycles. The van der Waals surface area contributed by atoms with Gasteiger partial charge in [0.05, 0.1) is 7.11 Å². The number of hydrogen-bond donors (Lipinski definition) is 1. The fraction of sp³-hybridized carbons (Fsp3) is 0.235. The van der Waals surface area contributed by atoms with Crippen LogP contribution in [0.5, 0.6) is 0 Å². The fourth-order valence-electron chi connectivity index (χ4n) is 2.14. The molecule has 0 saturated carbocycles. The maximum Gasteiger partial charge on any atom is 0.332 e. The molecule has 20 heavy (non-hydrogen) atoms. The molecule has 0 fully saturated rings. The second-order valence-electron chi connectivity index (χ2n) is 4.83. The molecule has 2 aromatic rings.